The van der Waals surface area contributed by atoms with Crippen LogP contribution in [0.2, 0.25) is 0 Å². The number of hydrazone groups is 1. The first kappa shape index (κ1) is 14.7. The van der Waals surface area contributed by atoms with E-state index in [2.05, 4.69) is 42.4 Å². The quantitative estimate of drug-likeness (QED) is 0.467. The molecule has 0 radical (unpaired) electrons. The number of non-ortho nitro benzene ring substituents is 1. The van der Waals surface area contributed by atoms with Crippen molar-refractivity contribution in [2.24, 2.45) is 5.10 Å². The maximum atomic E-state index is 10.5. The van der Waals surface area contributed by atoms with Crippen LogP contribution < -0.4 is 5.43 Å². The summed E-state index contributed by atoms with van der Waals surface area (Å²) in [6.45, 7) is 0. The summed E-state index contributed by atoms with van der Waals surface area (Å²) in [5.74, 6) is 0. The molecule has 0 heterocycles. The Labute approximate surface area is 132 Å². The molecule has 0 unspecified atom stereocenters. The standard InChI is InChI=1S/C13H9Br2N3O2/c14-10-3-1-9(2-4-10)13(15)17-16-11-5-7-12(8-6-11)18(19)20/h1-8,16H/b17-13+. The first-order chi connectivity index (χ1) is 9.56. The highest BCUT2D eigenvalue weighted by Gasteiger charge is 2.03. The van der Waals surface area contributed by atoms with Gasteiger partial charge in [0, 0.05) is 22.2 Å². The number of hydrogen-bond acceptors (Lipinski definition) is 4. The van der Waals surface area contributed by atoms with E-state index in [-0.39, 0.29) is 5.69 Å². The lowest BCUT2D eigenvalue weighted by molar-refractivity contribution is -0.384. The molecule has 102 valence electrons. The summed E-state index contributed by atoms with van der Waals surface area (Å²) in [6, 6.07) is 13.7. The van der Waals surface area contributed by atoms with E-state index in [1.54, 1.807) is 12.1 Å². The van der Waals surface area contributed by atoms with Gasteiger partial charge in [-0.05, 0) is 40.2 Å². The Hall–Kier alpha value is -1.73. The maximum Gasteiger partial charge on any atom is 0.269 e. The van der Waals surface area contributed by atoms with Gasteiger partial charge in [-0.1, -0.05) is 28.1 Å². The molecule has 2 aromatic carbocycles. The molecule has 0 atom stereocenters. The normalized spacial score (nSPS) is 11.2. The highest BCUT2D eigenvalue weighted by molar-refractivity contribution is 9.18. The minimum absolute atomic E-state index is 0.0477. The van der Waals surface area contributed by atoms with Gasteiger partial charge in [-0.25, -0.2) is 0 Å². The highest BCUT2D eigenvalue weighted by atomic mass is 79.9. The van der Waals surface area contributed by atoms with Gasteiger partial charge in [-0.3, -0.25) is 15.5 Å². The third-order valence-corrected chi connectivity index (χ3v) is 3.61. The van der Waals surface area contributed by atoms with Crippen LogP contribution in [-0.4, -0.2) is 9.54 Å². The number of halogens is 2. The predicted molar refractivity (Wildman–Crippen MR) is 86.3 cm³/mol. The lowest BCUT2D eigenvalue weighted by Gasteiger charge is -2.02. The van der Waals surface area contributed by atoms with E-state index < -0.39 is 4.92 Å². The molecule has 0 bridgehead atoms. The lowest BCUT2D eigenvalue weighted by atomic mass is 10.2. The number of hydrogen-bond donors (Lipinski definition) is 1. The Morgan fingerprint density at radius 1 is 1.10 bits per heavy atom. The molecule has 20 heavy (non-hydrogen) atoms. The Morgan fingerprint density at radius 2 is 1.70 bits per heavy atom. The van der Waals surface area contributed by atoms with Gasteiger partial charge in [0.05, 0.1) is 10.6 Å². The minimum atomic E-state index is -0.440. The molecular formula is C13H9Br2N3O2. The molecule has 0 amide bonds. The summed E-state index contributed by atoms with van der Waals surface area (Å²) in [6.07, 6.45) is 0. The molecule has 5 nitrogen and oxygen atoms in total. The van der Waals surface area contributed by atoms with E-state index in [9.17, 15) is 10.1 Å². The van der Waals surface area contributed by atoms with E-state index in [1.165, 1.54) is 12.1 Å². The second-order valence-corrected chi connectivity index (χ2v) is 5.49. The van der Waals surface area contributed by atoms with Crippen LogP contribution in [0.25, 0.3) is 0 Å². The first-order valence-corrected chi connectivity index (χ1v) is 7.14. The third kappa shape index (κ3) is 3.88. The molecule has 2 aromatic rings. The third-order valence-electron chi connectivity index (χ3n) is 2.44. The molecule has 0 saturated heterocycles. The zero-order chi connectivity index (χ0) is 14.5. The smallest absolute Gasteiger partial charge is 0.269 e. The molecule has 0 aliphatic carbocycles. The summed E-state index contributed by atoms with van der Waals surface area (Å²) in [4.78, 5) is 10.1. The van der Waals surface area contributed by atoms with Gasteiger partial charge in [0.15, 0.2) is 0 Å². The molecule has 0 spiro atoms. The molecule has 0 aliphatic rings. The van der Waals surface area contributed by atoms with E-state index >= 15 is 0 Å². The second kappa shape index (κ2) is 6.62. The number of nitro groups is 1. The second-order valence-electron chi connectivity index (χ2n) is 3.83. The fourth-order valence-corrected chi connectivity index (χ4v) is 2.04. The summed E-state index contributed by atoms with van der Waals surface area (Å²) < 4.78 is 1.63. The summed E-state index contributed by atoms with van der Waals surface area (Å²) in [7, 11) is 0. The van der Waals surface area contributed by atoms with Crippen molar-refractivity contribution < 1.29 is 4.92 Å². The van der Waals surface area contributed by atoms with Gasteiger partial charge in [0.1, 0.15) is 4.62 Å². The monoisotopic (exact) mass is 397 g/mol. The van der Waals surface area contributed by atoms with Crippen molar-refractivity contribution in [2.75, 3.05) is 5.43 Å². The van der Waals surface area contributed by atoms with Crippen LogP contribution in [0, 0.1) is 10.1 Å². The van der Waals surface area contributed by atoms with Gasteiger partial charge in [-0.2, -0.15) is 5.10 Å². The number of nitrogens with one attached hydrogen (secondary N) is 1. The summed E-state index contributed by atoms with van der Waals surface area (Å²) >= 11 is 6.73. The minimum Gasteiger partial charge on any atom is -0.277 e. The van der Waals surface area contributed by atoms with Crippen LogP contribution in [-0.2, 0) is 0 Å². The first-order valence-electron chi connectivity index (χ1n) is 5.56. The molecule has 1 N–H and O–H groups in total. The zero-order valence-corrected chi connectivity index (χ0v) is 13.3. The van der Waals surface area contributed by atoms with E-state index in [4.69, 9.17) is 0 Å². The number of nitrogens with zero attached hydrogens (tertiary/aromatic N) is 2. The van der Waals surface area contributed by atoms with Crippen molar-refractivity contribution in [1.29, 1.82) is 0 Å². The van der Waals surface area contributed by atoms with Gasteiger partial charge in [0.2, 0.25) is 0 Å². The molecule has 0 aliphatic heterocycles. The lowest BCUT2D eigenvalue weighted by Crippen LogP contribution is -1.96. The molecule has 7 heteroatoms. The zero-order valence-electron chi connectivity index (χ0n) is 10.1. The summed E-state index contributed by atoms with van der Waals surface area (Å²) in [5.41, 5.74) is 4.47. The average Bonchev–Trinajstić information content (AvgIpc) is 2.46. The van der Waals surface area contributed by atoms with E-state index in [0.29, 0.717) is 10.3 Å². The number of rotatable bonds is 4. The maximum absolute atomic E-state index is 10.5. The van der Waals surface area contributed by atoms with Gasteiger partial charge in [0.25, 0.3) is 5.69 Å². The van der Waals surface area contributed by atoms with Crippen LogP contribution in [0.3, 0.4) is 0 Å². The van der Waals surface area contributed by atoms with Crippen LogP contribution in [0.15, 0.2) is 58.1 Å². The Bertz CT molecular complexity index is 640. The largest absolute Gasteiger partial charge is 0.277 e. The van der Waals surface area contributed by atoms with Crippen molar-refractivity contribution in [3.63, 3.8) is 0 Å². The van der Waals surface area contributed by atoms with Crippen molar-refractivity contribution in [1.82, 2.24) is 0 Å². The van der Waals surface area contributed by atoms with Gasteiger partial charge in [-0.15, -0.1) is 0 Å². The molecule has 0 saturated carbocycles. The summed E-state index contributed by atoms with van der Waals surface area (Å²) in [5, 5.41) is 14.7. The predicted octanol–water partition coefficient (Wildman–Crippen LogP) is 4.53. The Kier molecular flexibility index (Phi) is 4.86. The average molecular weight is 399 g/mol. The molecule has 0 aromatic heterocycles. The molecular weight excluding hydrogens is 390 g/mol. The number of benzene rings is 2. The Balaban J connectivity index is 2.08. The van der Waals surface area contributed by atoms with Crippen LogP contribution in [0.1, 0.15) is 5.56 Å². The van der Waals surface area contributed by atoms with Gasteiger partial charge < -0.3 is 0 Å². The highest BCUT2D eigenvalue weighted by Crippen LogP contribution is 2.17. The SMILES string of the molecule is O=[N+]([O-])c1ccc(N/N=C(/Br)c2ccc(Br)cc2)cc1. The van der Waals surface area contributed by atoms with Gasteiger partial charge >= 0.3 is 0 Å². The van der Waals surface area contributed by atoms with E-state index in [0.717, 1.165) is 10.0 Å². The topological polar surface area (TPSA) is 67.5 Å². The van der Waals surface area contributed by atoms with Crippen molar-refractivity contribution >= 4 is 47.9 Å². The molecule has 2 rings (SSSR count). The van der Waals surface area contributed by atoms with Crippen LogP contribution in [0.4, 0.5) is 11.4 Å². The number of anilines is 1. The van der Waals surface area contributed by atoms with Crippen molar-refractivity contribution in [2.45, 2.75) is 0 Å². The number of nitro benzene ring substituents is 1. The Morgan fingerprint density at radius 3 is 2.25 bits per heavy atom. The molecule has 0 fully saturated rings. The van der Waals surface area contributed by atoms with Crippen LogP contribution >= 0.6 is 31.9 Å². The van der Waals surface area contributed by atoms with Crippen molar-refractivity contribution in [3.8, 4) is 0 Å². The van der Waals surface area contributed by atoms with E-state index in [1.807, 2.05) is 24.3 Å². The van der Waals surface area contributed by atoms with Crippen molar-refractivity contribution in [3.05, 3.63) is 68.7 Å². The fourth-order valence-electron chi connectivity index (χ4n) is 1.42. The fraction of sp³-hybridized carbons (Fsp3) is 0. The van der Waals surface area contributed by atoms with Crippen LogP contribution in [0.5, 0.6) is 0 Å².